The fourth-order valence-corrected chi connectivity index (χ4v) is 4.36. The van der Waals surface area contributed by atoms with Crippen LogP contribution in [0.4, 0.5) is 0 Å². The standard InChI is InChI=1S/C20H30O3S/c21-20(22)11-7-2-1-6-10-18-14-23-15-19(18)12-13-24-16-17-8-4-3-5-9-17/h3-5,8-9,18-19H,1-2,6-7,10-16H2,(H,21,22). The molecule has 1 heterocycles. The van der Waals surface area contributed by atoms with E-state index in [4.69, 9.17) is 9.84 Å². The number of ether oxygens (including phenoxy) is 1. The van der Waals surface area contributed by atoms with Crippen molar-refractivity contribution in [2.75, 3.05) is 19.0 Å². The molecule has 1 aliphatic heterocycles. The summed E-state index contributed by atoms with van der Waals surface area (Å²) < 4.78 is 5.71. The second kappa shape index (κ2) is 11.5. The zero-order chi connectivity index (χ0) is 17.0. The first-order chi connectivity index (χ1) is 11.8. The summed E-state index contributed by atoms with van der Waals surface area (Å²) in [5.41, 5.74) is 1.41. The molecule has 0 bridgehead atoms. The van der Waals surface area contributed by atoms with Crippen molar-refractivity contribution in [3.8, 4) is 0 Å². The average molecular weight is 351 g/mol. The van der Waals surface area contributed by atoms with Gasteiger partial charge in [-0.25, -0.2) is 0 Å². The maximum Gasteiger partial charge on any atom is 0.303 e. The number of hydrogen-bond donors (Lipinski definition) is 1. The van der Waals surface area contributed by atoms with E-state index in [-0.39, 0.29) is 0 Å². The molecule has 1 saturated heterocycles. The van der Waals surface area contributed by atoms with Gasteiger partial charge in [-0.1, -0.05) is 49.6 Å². The normalized spacial score (nSPS) is 20.3. The lowest BCUT2D eigenvalue weighted by Gasteiger charge is -2.17. The third kappa shape index (κ3) is 7.71. The number of unbranched alkanes of at least 4 members (excludes halogenated alkanes) is 3. The lowest BCUT2D eigenvalue weighted by atomic mass is 9.89. The number of carboxylic acid groups (broad SMARTS) is 1. The Morgan fingerprint density at radius 2 is 1.75 bits per heavy atom. The molecule has 1 aliphatic rings. The molecule has 0 aliphatic carbocycles. The summed E-state index contributed by atoms with van der Waals surface area (Å²) in [6, 6.07) is 10.7. The topological polar surface area (TPSA) is 46.5 Å². The molecule has 3 nitrogen and oxygen atoms in total. The van der Waals surface area contributed by atoms with E-state index in [1.807, 2.05) is 11.8 Å². The Hall–Kier alpha value is -1.00. The molecule has 0 aromatic heterocycles. The zero-order valence-corrected chi connectivity index (χ0v) is 15.3. The first-order valence-electron chi connectivity index (χ1n) is 9.17. The van der Waals surface area contributed by atoms with Crippen molar-refractivity contribution in [2.45, 2.75) is 50.7 Å². The van der Waals surface area contributed by atoms with Crippen molar-refractivity contribution >= 4 is 17.7 Å². The molecular formula is C20H30O3S. The van der Waals surface area contributed by atoms with Crippen LogP contribution in [0.1, 0.15) is 50.5 Å². The Balaban J connectivity index is 1.53. The van der Waals surface area contributed by atoms with Gasteiger partial charge in [0, 0.05) is 25.4 Å². The van der Waals surface area contributed by atoms with Crippen molar-refractivity contribution < 1.29 is 14.6 Å². The molecule has 2 atom stereocenters. The molecule has 0 radical (unpaired) electrons. The number of carboxylic acids is 1. The number of rotatable bonds is 12. The highest BCUT2D eigenvalue weighted by molar-refractivity contribution is 7.98. The van der Waals surface area contributed by atoms with E-state index in [1.165, 1.54) is 30.6 Å². The van der Waals surface area contributed by atoms with Crippen molar-refractivity contribution in [3.63, 3.8) is 0 Å². The lowest BCUT2D eigenvalue weighted by molar-refractivity contribution is -0.137. The molecular weight excluding hydrogens is 320 g/mol. The summed E-state index contributed by atoms with van der Waals surface area (Å²) in [7, 11) is 0. The molecule has 0 saturated carbocycles. The summed E-state index contributed by atoms with van der Waals surface area (Å²) in [6.07, 6.45) is 7.02. The zero-order valence-electron chi connectivity index (χ0n) is 14.5. The van der Waals surface area contributed by atoms with E-state index >= 15 is 0 Å². The third-order valence-corrected chi connectivity index (χ3v) is 5.85. The fraction of sp³-hybridized carbons (Fsp3) is 0.650. The predicted octanol–water partition coefficient (Wildman–Crippen LogP) is 5.00. The Morgan fingerprint density at radius 3 is 2.50 bits per heavy atom. The van der Waals surface area contributed by atoms with Gasteiger partial charge in [-0.2, -0.15) is 11.8 Å². The maximum absolute atomic E-state index is 10.5. The first kappa shape index (κ1) is 19.3. The van der Waals surface area contributed by atoms with E-state index in [1.54, 1.807) is 0 Å². The second-order valence-corrected chi connectivity index (χ2v) is 7.84. The third-order valence-electron chi connectivity index (χ3n) is 4.79. The van der Waals surface area contributed by atoms with Gasteiger partial charge in [0.2, 0.25) is 0 Å². The predicted molar refractivity (Wildman–Crippen MR) is 100 cm³/mol. The number of aliphatic carboxylic acids is 1. The fourth-order valence-electron chi connectivity index (χ4n) is 3.32. The van der Waals surface area contributed by atoms with Crippen LogP contribution in [0.3, 0.4) is 0 Å². The lowest BCUT2D eigenvalue weighted by Crippen LogP contribution is -2.13. The summed E-state index contributed by atoms with van der Waals surface area (Å²) in [4.78, 5) is 10.5. The van der Waals surface area contributed by atoms with Crippen molar-refractivity contribution in [2.24, 2.45) is 11.8 Å². The van der Waals surface area contributed by atoms with Gasteiger partial charge in [0.1, 0.15) is 0 Å². The molecule has 1 aromatic rings. The van der Waals surface area contributed by atoms with E-state index in [0.29, 0.717) is 18.3 Å². The van der Waals surface area contributed by atoms with Crippen molar-refractivity contribution in [1.82, 2.24) is 0 Å². The molecule has 1 aromatic carbocycles. The molecule has 1 fully saturated rings. The van der Waals surface area contributed by atoms with Crippen LogP contribution < -0.4 is 0 Å². The largest absolute Gasteiger partial charge is 0.481 e. The minimum Gasteiger partial charge on any atom is -0.481 e. The van der Waals surface area contributed by atoms with E-state index in [0.717, 1.165) is 38.2 Å². The van der Waals surface area contributed by atoms with Crippen molar-refractivity contribution in [3.05, 3.63) is 35.9 Å². The van der Waals surface area contributed by atoms with Gasteiger partial charge in [-0.05, 0) is 42.4 Å². The van der Waals surface area contributed by atoms with E-state index < -0.39 is 5.97 Å². The molecule has 24 heavy (non-hydrogen) atoms. The average Bonchev–Trinajstić information content (AvgIpc) is 3.03. The van der Waals surface area contributed by atoms with Crippen LogP contribution in [0.25, 0.3) is 0 Å². The molecule has 1 N–H and O–H groups in total. The minimum atomic E-state index is -0.674. The number of hydrogen-bond acceptors (Lipinski definition) is 3. The molecule has 0 spiro atoms. The first-order valence-corrected chi connectivity index (χ1v) is 10.3. The monoisotopic (exact) mass is 350 g/mol. The smallest absolute Gasteiger partial charge is 0.303 e. The summed E-state index contributed by atoms with van der Waals surface area (Å²) in [5.74, 6) is 3.06. The molecule has 2 rings (SSSR count). The molecule has 2 unspecified atom stereocenters. The summed E-state index contributed by atoms with van der Waals surface area (Å²) in [5, 5.41) is 8.63. The Bertz CT molecular complexity index is 463. The second-order valence-electron chi connectivity index (χ2n) is 6.73. The van der Waals surface area contributed by atoms with Crippen molar-refractivity contribution in [1.29, 1.82) is 0 Å². The SMILES string of the molecule is O=C(O)CCCCCCC1COCC1CCSCc1ccccc1. The van der Waals surface area contributed by atoms with Gasteiger partial charge in [0.05, 0.1) is 0 Å². The van der Waals surface area contributed by atoms with E-state index in [2.05, 4.69) is 30.3 Å². The van der Waals surface area contributed by atoms with Crippen LogP contribution in [0.15, 0.2) is 30.3 Å². The molecule has 0 amide bonds. The Morgan fingerprint density at radius 1 is 1.04 bits per heavy atom. The van der Waals surface area contributed by atoms with Gasteiger partial charge in [-0.15, -0.1) is 0 Å². The van der Waals surface area contributed by atoms with Crippen LogP contribution in [0, 0.1) is 11.8 Å². The van der Waals surface area contributed by atoms with Crippen LogP contribution >= 0.6 is 11.8 Å². The van der Waals surface area contributed by atoms with Gasteiger partial charge in [0.25, 0.3) is 0 Å². The Kier molecular flexibility index (Phi) is 9.29. The quantitative estimate of drug-likeness (QED) is 0.539. The minimum absolute atomic E-state index is 0.313. The van der Waals surface area contributed by atoms with Gasteiger partial charge in [-0.3, -0.25) is 4.79 Å². The molecule has 4 heteroatoms. The number of carbonyl (C=O) groups is 1. The number of thioether (sulfide) groups is 1. The van der Waals surface area contributed by atoms with Gasteiger partial charge in [0.15, 0.2) is 0 Å². The van der Waals surface area contributed by atoms with Crippen LogP contribution in [0.2, 0.25) is 0 Å². The van der Waals surface area contributed by atoms with Crippen LogP contribution in [-0.4, -0.2) is 30.0 Å². The van der Waals surface area contributed by atoms with E-state index in [9.17, 15) is 4.79 Å². The van der Waals surface area contributed by atoms with Gasteiger partial charge >= 0.3 is 5.97 Å². The highest BCUT2D eigenvalue weighted by Crippen LogP contribution is 2.30. The highest BCUT2D eigenvalue weighted by atomic mass is 32.2. The Labute approximate surface area is 150 Å². The summed E-state index contributed by atoms with van der Waals surface area (Å²) >= 11 is 2.02. The molecule has 134 valence electrons. The highest BCUT2D eigenvalue weighted by Gasteiger charge is 2.27. The maximum atomic E-state index is 10.5. The van der Waals surface area contributed by atoms with Crippen LogP contribution in [0.5, 0.6) is 0 Å². The summed E-state index contributed by atoms with van der Waals surface area (Å²) in [6.45, 7) is 1.85. The number of benzene rings is 1. The van der Waals surface area contributed by atoms with Crippen LogP contribution in [-0.2, 0) is 15.3 Å². The van der Waals surface area contributed by atoms with Gasteiger partial charge < -0.3 is 9.84 Å².